The Morgan fingerprint density at radius 1 is 1.17 bits per heavy atom. The van der Waals surface area contributed by atoms with Crippen LogP contribution in [0.3, 0.4) is 0 Å². The minimum Gasteiger partial charge on any atom is -0.273 e. The Balaban J connectivity index is 1.77. The Hall–Kier alpha value is -1.31. The molecule has 1 fully saturated rings. The van der Waals surface area contributed by atoms with Gasteiger partial charge in [0, 0.05) is 16.5 Å². The Morgan fingerprint density at radius 2 is 1.87 bits per heavy atom. The monoisotopic (exact) mass is 378 g/mol. The van der Waals surface area contributed by atoms with Crippen LogP contribution in [-0.4, -0.2) is 31.7 Å². The van der Waals surface area contributed by atoms with E-state index in [-0.39, 0.29) is 30.3 Å². The van der Waals surface area contributed by atoms with Crippen molar-refractivity contribution in [1.82, 2.24) is 10.9 Å². The van der Waals surface area contributed by atoms with Crippen LogP contribution < -0.4 is 10.9 Å². The van der Waals surface area contributed by atoms with Crippen LogP contribution in [0.2, 0.25) is 10.0 Å². The van der Waals surface area contributed by atoms with Crippen molar-refractivity contribution in [2.75, 3.05) is 11.5 Å². The molecule has 9 heteroatoms. The molecule has 0 saturated carbocycles. The SMILES string of the molecule is O=C(Cc1ccc(Cl)cc1Cl)NNC(=O)C[C@H]1CCS(=O)(=O)C1. The Bertz CT molecular complexity index is 721. The van der Waals surface area contributed by atoms with E-state index in [0.717, 1.165) is 0 Å². The predicted octanol–water partition coefficient (Wildman–Crippen LogP) is 1.51. The summed E-state index contributed by atoms with van der Waals surface area (Å²) < 4.78 is 22.6. The number of hydrogen-bond acceptors (Lipinski definition) is 4. The molecular weight excluding hydrogens is 363 g/mol. The second-order valence-electron chi connectivity index (χ2n) is 5.48. The van der Waals surface area contributed by atoms with Gasteiger partial charge in [0.2, 0.25) is 11.8 Å². The highest BCUT2D eigenvalue weighted by molar-refractivity contribution is 7.91. The van der Waals surface area contributed by atoms with Gasteiger partial charge in [-0.2, -0.15) is 0 Å². The highest BCUT2D eigenvalue weighted by Crippen LogP contribution is 2.22. The summed E-state index contributed by atoms with van der Waals surface area (Å²) in [5, 5.41) is 0.842. The molecule has 23 heavy (non-hydrogen) atoms. The fourth-order valence-electron chi connectivity index (χ4n) is 2.37. The molecule has 0 aliphatic carbocycles. The number of carbonyl (C=O) groups excluding carboxylic acids is 2. The van der Waals surface area contributed by atoms with Gasteiger partial charge in [-0.05, 0) is 30.0 Å². The first-order valence-electron chi connectivity index (χ1n) is 6.97. The molecule has 126 valence electrons. The molecule has 1 saturated heterocycles. The normalized spacial score (nSPS) is 19.3. The highest BCUT2D eigenvalue weighted by atomic mass is 35.5. The lowest BCUT2D eigenvalue weighted by atomic mass is 10.1. The molecular formula is C14H16Cl2N2O4S. The van der Waals surface area contributed by atoms with E-state index >= 15 is 0 Å². The van der Waals surface area contributed by atoms with Crippen LogP contribution in [0.5, 0.6) is 0 Å². The quantitative estimate of drug-likeness (QED) is 0.776. The molecule has 2 rings (SSSR count). The number of rotatable bonds is 4. The first kappa shape index (κ1) is 18.0. The van der Waals surface area contributed by atoms with E-state index in [1.165, 1.54) is 6.07 Å². The Morgan fingerprint density at radius 3 is 2.48 bits per heavy atom. The second kappa shape index (κ2) is 7.51. The van der Waals surface area contributed by atoms with Crippen molar-refractivity contribution in [3.63, 3.8) is 0 Å². The number of sulfone groups is 1. The number of benzene rings is 1. The molecule has 0 bridgehead atoms. The van der Waals surface area contributed by atoms with Crippen LogP contribution in [-0.2, 0) is 25.8 Å². The van der Waals surface area contributed by atoms with Crippen LogP contribution in [0.25, 0.3) is 0 Å². The van der Waals surface area contributed by atoms with Gasteiger partial charge >= 0.3 is 0 Å². The van der Waals surface area contributed by atoms with Gasteiger partial charge in [0.15, 0.2) is 9.84 Å². The van der Waals surface area contributed by atoms with Crippen molar-refractivity contribution in [2.45, 2.75) is 19.3 Å². The van der Waals surface area contributed by atoms with E-state index in [4.69, 9.17) is 23.2 Å². The first-order chi connectivity index (χ1) is 10.7. The summed E-state index contributed by atoms with van der Waals surface area (Å²) in [6.45, 7) is 0. The fraction of sp³-hybridized carbons (Fsp3) is 0.429. The average molecular weight is 379 g/mol. The summed E-state index contributed by atoms with van der Waals surface area (Å²) in [5.41, 5.74) is 5.16. The number of halogens is 2. The third kappa shape index (κ3) is 5.67. The standard InChI is InChI=1S/C14H16Cl2N2O4S/c15-11-2-1-10(12(16)7-11)6-14(20)18-17-13(19)5-9-3-4-23(21,22)8-9/h1-2,7,9H,3-6,8H2,(H,17,19)(H,18,20)/t9-/m1/s1. The minimum absolute atomic E-state index is 0.00586. The molecule has 2 amide bonds. The van der Waals surface area contributed by atoms with Gasteiger partial charge in [-0.15, -0.1) is 0 Å². The van der Waals surface area contributed by atoms with Crippen molar-refractivity contribution >= 4 is 44.9 Å². The molecule has 1 aliphatic rings. The van der Waals surface area contributed by atoms with Crippen LogP contribution in [0.1, 0.15) is 18.4 Å². The topological polar surface area (TPSA) is 92.3 Å². The third-order valence-electron chi connectivity index (χ3n) is 3.51. The second-order valence-corrected chi connectivity index (χ2v) is 8.55. The summed E-state index contributed by atoms with van der Waals surface area (Å²) in [6.07, 6.45) is 0.541. The number of hydrogen-bond donors (Lipinski definition) is 2. The van der Waals surface area contributed by atoms with Gasteiger partial charge in [-0.1, -0.05) is 29.3 Å². The van der Waals surface area contributed by atoms with Crippen LogP contribution >= 0.6 is 23.2 Å². The zero-order valence-electron chi connectivity index (χ0n) is 12.1. The third-order valence-corrected chi connectivity index (χ3v) is 5.93. The van der Waals surface area contributed by atoms with E-state index < -0.39 is 21.7 Å². The molecule has 6 nitrogen and oxygen atoms in total. The van der Waals surface area contributed by atoms with Crippen molar-refractivity contribution in [3.05, 3.63) is 33.8 Å². The zero-order valence-corrected chi connectivity index (χ0v) is 14.5. The van der Waals surface area contributed by atoms with Gasteiger partial charge in [0.25, 0.3) is 0 Å². The lowest BCUT2D eigenvalue weighted by Crippen LogP contribution is -2.43. The van der Waals surface area contributed by atoms with Crippen LogP contribution in [0.4, 0.5) is 0 Å². The molecule has 0 spiro atoms. The van der Waals surface area contributed by atoms with Crippen LogP contribution in [0.15, 0.2) is 18.2 Å². The number of amides is 2. The average Bonchev–Trinajstić information content (AvgIpc) is 2.79. The fourth-order valence-corrected chi connectivity index (χ4v) is 4.71. The summed E-state index contributed by atoms with van der Waals surface area (Å²) in [7, 11) is -3.01. The summed E-state index contributed by atoms with van der Waals surface area (Å²) in [4.78, 5) is 23.5. The number of nitrogens with one attached hydrogen (secondary N) is 2. The lowest BCUT2D eigenvalue weighted by Gasteiger charge is -2.10. The molecule has 0 unspecified atom stereocenters. The highest BCUT2D eigenvalue weighted by Gasteiger charge is 2.29. The van der Waals surface area contributed by atoms with Crippen molar-refractivity contribution in [3.8, 4) is 0 Å². The summed E-state index contributed by atoms with van der Waals surface area (Å²) in [5.74, 6) is -0.895. The predicted molar refractivity (Wildman–Crippen MR) is 87.8 cm³/mol. The maximum atomic E-state index is 11.8. The largest absolute Gasteiger partial charge is 0.273 e. The smallest absolute Gasteiger partial charge is 0.242 e. The number of carbonyl (C=O) groups is 2. The number of hydrazine groups is 1. The first-order valence-corrected chi connectivity index (χ1v) is 9.55. The minimum atomic E-state index is -3.01. The van der Waals surface area contributed by atoms with Crippen LogP contribution in [0, 0.1) is 5.92 Å². The molecule has 0 radical (unpaired) electrons. The van der Waals surface area contributed by atoms with E-state index in [1.54, 1.807) is 12.1 Å². The lowest BCUT2D eigenvalue weighted by molar-refractivity contribution is -0.129. The molecule has 1 aromatic carbocycles. The van der Waals surface area contributed by atoms with E-state index in [9.17, 15) is 18.0 Å². The summed E-state index contributed by atoms with van der Waals surface area (Å²) in [6, 6.07) is 4.79. The molecule has 0 aromatic heterocycles. The molecule has 1 aliphatic heterocycles. The Labute approximate surface area is 144 Å². The van der Waals surface area contributed by atoms with Gasteiger partial charge in [-0.25, -0.2) is 8.42 Å². The molecule has 2 N–H and O–H groups in total. The van der Waals surface area contributed by atoms with E-state index in [0.29, 0.717) is 22.0 Å². The van der Waals surface area contributed by atoms with Crippen molar-refractivity contribution < 1.29 is 18.0 Å². The van der Waals surface area contributed by atoms with Gasteiger partial charge in [-0.3, -0.25) is 20.4 Å². The summed E-state index contributed by atoms with van der Waals surface area (Å²) >= 11 is 11.7. The maximum absolute atomic E-state index is 11.8. The molecule has 1 aromatic rings. The van der Waals surface area contributed by atoms with Gasteiger partial charge in [0.1, 0.15) is 0 Å². The Kier molecular flexibility index (Phi) is 5.89. The van der Waals surface area contributed by atoms with Crippen molar-refractivity contribution in [2.24, 2.45) is 5.92 Å². The molecule has 1 heterocycles. The molecule has 1 atom stereocenters. The maximum Gasteiger partial charge on any atom is 0.242 e. The van der Waals surface area contributed by atoms with E-state index in [2.05, 4.69) is 10.9 Å². The van der Waals surface area contributed by atoms with E-state index in [1.807, 2.05) is 0 Å². The van der Waals surface area contributed by atoms with Gasteiger partial charge < -0.3 is 0 Å². The van der Waals surface area contributed by atoms with Crippen molar-refractivity contribution in [1.29, 1.82) is 0 Å². The zero-order chi connectivity index (χ0) is 17.0. The van der Waals surface area contributed by atoms with Gasteiger partial charge in [0.05, 0.1) is 17.9 Å².